The number of nitrogens with zero attached hydrogens (tertiary/aromatic N) is 1. The van der Waals surface area contributed by atoms with Crippen molar-refractivity contribution in [3.8, 4) is 5.75 Å². The molecule has 5 atom stereocenters. The lowest BCUT2D eigenvalue weighted by atomic mass is 9.99. The highest BCUT2D eigenvalue weighted by Crippen LogP contribution is 2.31. The third-order valence-electron chi connectivity index (χ3n) is 6.15. The first kappa shape index (κ1) is 32.9. The second kappa shape index (κ2) is 15.0. The number of rotatable bonds is 13. The first-order chi connectivity index (χ1) is 20.4. The summed E-state index contributed by atoms with van der Waals surface area (Å²) < 4.78 is 15.7. The number of carboxylic acid groups (broad SMARTS) is 1. The van der Waals surface area contributed by atoms with E-state index in [9.17, 15) is 49.2 Å². The predicted molar refractivity (Wildman–Crippen MR) is 144 cm³/mol. The molecular formula is C27H31N3O13. The van der Waals surface area contributed by atoms with E-state index < -0.39 is 72.8 Å². The normalized spacial score (nSPS) is 23.3. The van der Waals surface area contributed by atoms with Gasteiger partial charge in [0.25, 0.3) is 11.8 Å². The summed E-state index contributed by atoms with van der Waals surface area (Å²) >= 11 is 0. The van der Waals surface area contributed by atoms with Gasteiger partial charge < -0.3 is 45.3 Å². The van der Waals surface area contributed by atoms with Crippen molar-refractivity contribution in [1.82, 2.24) is 10.2 Å². The summed E-state index contributed by atoms with van der Waals surface area (Å²) in [6.07, 6.45) is -4.26. The van der Waals surface area contributed by atoms with E-state index in [1.807, 2.05) is 0 Å². The van der Waals surface area contributed by atoms with Gasteiger partial charge in [0.1, 0.15) is 37.2 Å². The van der Waals surface area contributed by atoms with Gasteiger partial charge in [-0.05, 0) is 23.8 Å². The van der Waals surface area contributed by atoms with Crippen LogP contribution in [0.5, 0.6) is 5.75 Å². The summed E-state index contributed by atoms with van der Waals surface area (Å²) in [5.74, 6) is -4.68. The molecule has 4 amide bonds. The first-order valence-corrected chi connectivity index (χ1v) is 13.1. The number of aliphatic hydroxyl groups excluding tert-OH is 3. The summed E-state index contributed by atoms with van der Waals surface area (Å²) in [5, 5.41) is 44.6. The fourth-order valence-electron chi connectivity index (χ4n) is 3.87. The van der Waals surface area contributed by atoms with Crippen LogP contribution >= 0.6 is 0 Å². The van der Waals surface area contributed by atoms with Gasteiger partial charge in [-0.25, -0.2) is 4.79 Å². The molecule has 2 aliphatic rings. The van der Waals surface area contributed by atoms with Gasteiger partial charge in [0.2, 0.25) is 18.1 Å². The van der Waals surface area contributed by atoms with E-state index in [0.717, 1.165) is 17.1 Å². The molecule has 1 saturated heterocycles. The number of aliphatic hydroxyl groups is 3. The van der Waals surface area contributed by atoms with Crippen molar-refractivity contribution in [2.45, 2.75) is 50.5 Å². The fraction of sp³-hybridized carbons (Fsp3) is 0.407. The largest absolute Gasteiger partial charge is 0.479 e. The smallest absolute Gasteiger partial charge is 0.335 e. The first-order valence-electron chi connectivity index (χ1n) is 13.1. The molecule has 16 heteroatoms. The quantitative estimate of drug-likeness (QED) is 0.109. The Morgan fingerprint density at radius 3 is 2.37 bits per heavy atom. The number of hydrogen-bond acceptors (Lipinski definition) is 12. The zero-order valence-electron chi connectivity index (χ0n) is 22.9. The maximum Gasteiger partial charge on any atom is 0.335 e. The lowest BCUT2D eigenvalue weighted by Crippen LogP contribution is -2.61. The molecule has 1 aromatic carbocycles. The lowest BCUT2D eigenvalue weighted by Gasteiger charge is -2.38. The molecule has 0 aromatic heterocycles. The van der Waals surface area contributed by atoms with Gasteiger partial charge in [-0.1, -0.05) is 19.1 Å². The van der Waals surface area contributed by atoms with Crippen molar-refractivity contribution < 1.29 is 63.4 Å². The SMILES string of the molecule is CCC(=O)OC/C=C/c1ccc(O[C@@H]2O[C@H](C(=O)O)[C@@H](O)[C@H](O)[C@H]2O)c(NC(=O)CCNC(=O)CN2C(=O)C=CC2=O)c1. The van der Waals surface area contributed by atoms with Gasteiger partial charge >= 0.3 is 11.9 Å². The number of nitrogens with one attached hydrogen (secondary N) is 2. The maximum atomic E-state index is 12.7. The van der Waals surface area contributed by atoms with Crippen LogP contribution in [0.25, 0.3) is 6.08 Å². The van der Waals surface area contributed by atoms with Crippen LogP contribution in [0.4, 0.5) is 5.69 Å². The average molecular weight is 606 g/mol. The summed E-state index contributed by atoms with van der Waals surface area (Å²) in [7, 11) is 0. The molecule has 3 rings (SSSR count). The highest BCUT2D eigenvalue weighted by Gasteiger charge is 2.48. The minimum absolute atomic E-state index is 0.0180. The van der Waals surface area contributed by atoms with Crippen molar-refractivity contribution in [2.75, 3.05) is 25.0 Å². The highest BCUT2D eigenvalue weighted by molar-refractivity contribution is 6.14. The Kier molecular flexibility index (Phi) is 11.5. The maximum absolute atomic E-state index is 12.7. The molecule has 0 bridgehead atoms. The van der Waals surface area contributed by atoms with Crippen molar-refractivity contribution >= 4 is 47.3 Å². The van der Waals surface area contributed by atoms with Gasteiger partial charge in [0.05, 0.1) is 5.69 Å². The van der Waals surface area contributed by atoms with Crippen LogP contribution in [0.3, 0.4) is 0 Å². The molecule has 1 fully saturated rings. The number of benzene rings is 1. The predicted octanol–water partition coefficient (Wildman–Crippen LogP) is -1.71. The van der Waals surface area contributed by atoms with E-state index in [0.29, 0.717) is 5.56 Å². The van der Waals surface area contributed by atoms with E-state index in [1.165, 1.54) is 18.2 Å². The van der Waals surface area contributed by atoms with Crippen LogP contribution in [0.15, 0.2) is 36.4 Å². The average Bonchev–Trinajstić information content (AvgIpc) is 3.28. The molecule has 0 saturated carbocycles. The van der Waals surface area contributed by atoms with Crippen LogP contribution in [0.1, 0.15) is 25.3 Å². The molecule has 1 aromatic rings. The molecule has 43 heavy (non-hydrogen) atoms. The third-order valence-corrected chi connectivity index (χ3v) is 6.15. The van der Waals surface area contributed by atoms with Crippen LogP contribution in [-0.2, 0) is 38.2 Å². The molecule has 0 radical (unpaired) electrons. The van der Waals surface area contributed by atoms with Gasteiger partial charge in [-0.2, -0.15) is 0 Å². The molecular weight excluding hydrogens is 574 g/mol. The number of ether oxygens (including phenoxy) is 3. The standard InChI is InChI=1S/C27H31N3O13/c1-2-21(35)41-11-3-4-14-5-6-16(42-27-24(38)22(36)23(37)25(43-27)26(39)40)15(12-14)29-17(31)9-10-28-18(32)13-30-19(33)7-8-20(30)34/h3-8,12,22-25,27,36-38H,2,9-11,13H2,1H3,(H,28,32)(H,29,31)(H,39,40)/b4-3+/t22-,23-,24+,25-,27+/m0/s1. The van der Waals surface area contributed by atoms with Crippen LogP contribution in [-0.4, -0.2) is 111 Å². The van der Waals surface area contributed by atoms with E-state index in [2.05, 4.69) is 10.6 Å². The Morgan fingerprint density at radius 2 is 1.72 bits per heavy atom. The highest BCUT2D eigenvalue weighted by atomic mass is 16.7. The molecule has 232 valence electrons. The third kappa shape index (κ3) is 8.92. The van der Waals surface area contributed by atoms with Crippen molar-refractivity contribution in [2.24, 2.45) is 0 Å². The molecule has 0 spiro atoms. The van der Waals surface area contributed by atoms with Gasteiger partial charge in [0.15, 0.2) is 6.10 Å². The van der Waals surface area contributed by atoms with Crippen LogP contribution in [0.2, 0.25) is 0 Å². The summed E-state index contributed by atoms with van der Waals surface area (Å²) in [4.78, 5) is 71.5. The fourth-order valence-corrected chi connectivity index (χ4v) is 3.87. The lowest BCUT2D eigenvalue weighted by molar-refractivity contribution is -0.271. The Labute approximate surface area is 244 Å². The number of esters is 1. The second-order valence-corrected chi connectivity index (χ2v) is 9.29. The summed E-state index contributed by atoms with van der Waals surface area (Å²) in [6.45, 7) is 0.939. The van der Waals surface area contributed by atoms with Crippen LogP contribution in [0, 0.1) is 0 Å². The number of carbonyl (C=O) groups is 6. The zero-order chi connectivity index (χ0) is 31.7. The van der Waals surface area contributed by atoms with Crippen molar-refractivity contribution in [1.29, 1.82) is 0 Å². The second-order valence-electron chi connectivity index (χ2n) is 9.29. The molecule has 0 unspecified atom stereocenters. The number of aliphatic carboxylic acids is 1. The van der Waals surface area contributed by atoms with E-state index in [-0.39, 0.29) is 37.4 Å². The topological polar surface area (TPSA) is 238 Å². The van der Waals surface area contributed by atoms with Gasteiger partial charge in [-0.3, -0.25) is 28.9 Å². The molecule has 0 aliphatic carbocycles. The number of hydrogen-bond donors (Lipinski definition) is 6. The Hall–Kier alpha value is -4.64. The summed E-state index contributed by atoms with van der Waals surface area (Å²) in [5.41, 5.74) is 0.521. The number of carboxylic acids is 1. The monoisotopic (exact) mass is 605 g/mol. The van der Waals surface area contributed by atoms with Crippen LogP contribution < -0.4 is 15.4 Å². The van der Waals surface area contributed by atoms with Crippen molar-refractivity contribution in [3.63, 3.8) is 0 Å². The van der Waals surface area contributed by atoms with Gasteiger partial charge in [-0.15, -0.1) is 0 Å². The number of amides is 4. The zero-order valence-corrected chi connectivity index (χ0v) is 22.9. The Morgan fingerprint density at radius 1 is 1.02 bits per heavy atom. The summed E-state index contributed by atoms with van der Waals surface area (Å²) in [6, 6.07) is 4.32. The minimum atomic E-state index is -1.94. The number of imide groups is 1. The molecule has 6 N–H and O–H groups in total. The number of carbonyl (C=O) groups excluding carboxylic acids is 5. The Bertz CT molecular complexity index is 1290. The van der Waals surface area contributed by atoms with E-state index in [4.69, 9.17) is 14.2 Å². The molecule has 2 heterocycles. The number of anilines is 1. The molecule has 2 aliphatic heterocycles. The molecule has 16 nitrogen and oxygen atoms in total. The van der Waals surface area contributed by atoms with Gasteiger partial charge in [0, 0.05) is 31.5 Å². The van der Waals surface area contributed by atoms with E-state index >= 15 is 0 Å². The Balaban J connectivity index is 1.70. The minimum Gasteiger partial charge on any atom is -0.479 e. The van der Waals surface area contributed by atoms with Crippen molar-refractivity contribution in [3.05, 3.63) is 42.0 Å². The van der Waals surface area contributed by atoms with E-state index in [1.54, 1.807) is 19.1 Å².